The molecule has 12 heavy (non-hydrogen) atoms. The Morgan fingerprint density at radius 2 is 1.75 bits per heavy atom. The van der Waals surface area contributed by atoms with Crippen LogP contribution in [0, 0.1) is 5.92 Å². The first-order chi connectivity index (χ1) is 5.49. The fourth-order valence-electron chi connectivity index (χ4n) is 0.635. The molecule has 0 radical (unpaired) electrons. The minimum absolute atomic E-state index is 0.318. The molecule has 0 aliphatic rings. The van der Waals surface area contributed by atoms with Gasteiger partial charge in [-0.25, -0.2) is 0 Å². The maximum absolute atomic E-state index is 10.2. The third-order valence-electron chi connectivity index (χ3n) is 1.28. The topological polar surface area (TPSA) is 118 Å². The third kappa shape index (κ3) is 3.11. The number of carbonyl (C=O) groups excluding carboxylic acids is 1. The summed E-state index contributed by atoms with van der Waals surface area (Å²) in [4.78, 5) is 30.5. The predicted molar refractivity (Wildman–Crippen MR) is 37.4 cm³/mol. The molecule has 0 aromatic heterocycles. The van der Waals surface area contributed by atoms with Crippen molar-refractivity contribution >= 4 is 18.2 Å². The lowest BCUT2D eigenvalue weighted by molar-refractivity contribution is -0.154. The SMILES string of the molecule is N[C@H](C=O)CC(C(=O)O)C(=O)O. The number of aldehydes is 1. The molecule has 0 saturated heterocycles. The van der Waals surface area contributed by atoms with E-state index in [0.717, 1.165) is 0 Å². The molecule has 4 N–H and O–H groups in total. The molecule has 0 amide bonds. The van der Waals surface area contributed by atoms with Crippen LogP contribution in [0.4, 0.5) is 0 Å². The minimum Gasteiger partial charge on any atom is -0.481 e. The molecule has 0 bridgehead atoms. The lowest BCUT2D eigenvalue weighted by Crippen LogP contribution is -2.32. The highest BCUT2D eigenvalue weighted by molar-refractivity contribution is 5.93. The van der Waals surface area contributed by atoms with E-state index in [1.807, 2.05) is 0 Å². The van der Waals surface area contributed by atoms with E-state index in [0.29, 0.717) is 6.29 Å². The second-order valence-electron chi connectivity index (χ2n) is 2.26. The fraction of sp³-hybridized carbons (Fsp3) is 0.500. The first-order valence-electron chi connectivity index (χ1n) is 3.15. The van der Waals surface area contributed by atoms with E-state index in [9.17, 15) is 14.4 Å². The number of rotatable bonds is 5. The Labute approximate surface area is 68.0 Å². The van der Waals surface area contributed by atoms with E-state index in [1.165, 1.54) is 0 Å². The molecule has 0 heterocycles. The lowest BCUT2D eigenvalue weighted by Gasteiger charge is -2.08. The van der Waals surface area contributed by atoms with Gasteiger partial charge in [0.15, 0.2) is 5.92 Å². The van der Waals surface area contributed by atoms with E-state index >= 15 is 0 Å². The number of aliphatic carboxylic acids is 2. The molecule has 0 aliphatic carbocycles. The summed E-state index contributed by atoms with van der Waals surface area (Å²) in [6.07, 6.45) is -0.0625. The first-order valence-corrected chi connectivity index (χ1v) is 3.15. The van der Waals surface area contributed by atoms with E-state index in [1.54, 1.807) is 0 Å². The largest absolute Gasteiger partial charge is 0.481 e. The van der Waals surface area contributed by atoms with Crippen LogP contribution in [-0.4, -0.2) is 34.5 Å². The smallest absolute Gasteiger partial charge is 0.317 e. The molecular weight excluding hydrogens is 166 g/mol. The summed E-state index contributed by atoms with van der Waals surface area (Å²) in [6, 6.07) is -1.04. The van der Waals surface area contributed by atoms with Gasteiger partial charge in [-0.2, -0.15) is 0 Å². The summed E-state index contributed by atoms with van der Waals surface area (Å²) >= 11 is 0. The lowest BCUT2D eigenvalue weighted by atomic mass is 10.0. The Hall–Kier alpha value is -1.43. The van der Waals surface area contributed by atoms with Crippen molar-refractivity contribution in [3.63, 3.8) is 0 Å². The zero-order valence-electron chi connectivity index (χ0n) is 6.14. The second-order valence-corrected chi connectivity index (χ2v) is 2.26. The van der Waals surface area contributed by atoms with Crippen LogP contribution in [0.15, 0.2) is 0 Å². The maximum atomic E-state index is 10.2. The highest BCUT2D eigenvalue weighted by atomic mass is 16.4. The molecule has 0 spiro atoms. The number of nitrogens with two attached hydrogens (primary N) is 1. The number of carboxylic acids is 2. The number of carbonyl (C=O) groups is 3. The molecule has 0 fully saturated rings. The molecule has 0 aliphatic heterocycles. The molecule has 0 unspecified atom stereocenters. The first kappa shape index (κ1) is 10.6. The molecule has 0 rings (SSSR count). The molecule has 6 nitrogen and oxygen atoms in total. The Balaban J connectivity index is 4.23. The fourth-order valence-corrected chi connectivity index (χ4v) is 0.635. The maximum Gasteiger partial charge on any atom is 0.317 e. The standard InChI is InChI=1S/C6H9NO5/c7-3(2-8)1-4(5(9)10)6(11)12/h2-4H,1,7H2,(H,9,10)(H,11,12)/t3-/m0/s1. The van der Waals surface area contributed by atoms with E-state index in [4.69, 9.17) is 15.9 Å². The van der Waals surface area contributed by atoms with Gasteiger partial charge in [0.1, 0.15) is 6.29 Å². The Kier molecular flexibility index (Phi) is 3.92. The number of hydrogen-bond acceptors (Lipinski definition) is 4. The van der Waals surface area contributed by atoms with Crippen LogP contribution in [0.3, 0.4) is 0 Å². The highest BCUT2D eigenvalue weighted by Crippen LogP contribution is 2.04. The van der Waals surface area contributed by atoms with E-state index in [-0.39, 0.29) is 6.42 Å². The van der Waals surface area contributed by atoms with Gasteiger partial charge >= 0.3 is 11.9 Å². The van der Waals surface area contributed by atoms with Gasteiger partial charge in [0.2, 0.25) is 0 Å². The van der Waals surface area contributed by atoms with Crippen molar-refractivity contribution in [3.8, 4) is 0 Å². The van der Waals surface area contributed by atoms with Gasteiger partial charge in [-0.3, -0.25) is 9.59 Å². The number of hydrogen-bond donors (Lipinski definition) is 3. The Morgan fingerprint density at radius 3 is 2.00 bits per heavy atom. The van der Waals surface area contributed by atoms with Crippen molar-refractivity contribution < 1.29 is 24.6 Å². The summed E-state index contributed by atoms with van der Waals surface area (Å²) in [5.41, 5.74) is 5.05. The predicted octanol–water partition coefficient (Wildman–Crippen LogP) is -1.31. The summed E-state index contributed by atoms with van der Waals surface area (Å²) in [7, 11) is 0. The van der Waals surface area contributed by atoms with Crippen LogP contribution in [-0.2, 0) is 14.4 Å². The van der Waals surface area contributed by atoms with Gasteiger partial charge in [0.25, 0.3) is 0 Å². The summed E-state index contributed by atoms with van der Waals surface area (Å²) in [5.74, 6) is -4.58. The monoisotopic (exact) mass is 175 g/mol. The van der Waals surface area contributed by atoms with E-state index < -0.39 is 23.9 Å². The molecule has 68 valence electrons. The summed E-state index contributed by atoms with van der Waals surface area (Å²) < 4.78 is 0. The van der Waals surface area contributed by atoms with Crippen LogP contribution >= 0.6 is 0 Å². The van der Waals surface area contributed by atoms with E-state index in [2.05, 4.69) is 0 Å². The van der Waals surface area contributed by atoms with Crippen molar-refractivity contribution in [3.05, 3.63) is 0 Å². The van der Waals surface area contributed by atoms with Gasteiger partial charge in [-0.1, -0.05) is 0 Å². The molecule has 6 heteroatoms. The highest BCUT2D eigenvalue weighted by Gasteiger charge is 2.27. The van der Waals surface area contributed by atoms with Crippen molar-refractivity contribution in [2.75, 3.05) is 0 Å². The van der Waals surface area contributed by atoms with Gasteiger partial charge < -0.3 is 20.7 Å². The molecule has 0 aromatic carbocycles. The van der Waals surface area contributed by atoms with Crippen LogP contribution in [0.2, 0.25) is 0 Å². The van der Waals surface area contributed by atoms with Crippen molar-refractivity contribution in [1.82, 2.24) is 0 Å². The zero-order valence-corrected chi connectivity index (χ0v) is 6.14. The zero-order chi connectivity index (χ0) is 9.72. The normalized spacial score (nSPS) is 12.5. The molecule has 0 aromatic rings. The van der Waals surface area contributed by atoms with Gasteiger partial charge in [-0.15, -0.1) is 0 Å². The minimum atomic E-state index is -1.61. The second kappa shape index (κ2) is 4.45. The molecular formula is C6H9NO5. The van der Waals surface area contributed by atoms with Gasteiger partial charge in [0.05, 0.1) is 6.04 Å². The quantitative estimate of drug-likeness (QED) is 0.352. The van der Waals surface area contributed by atoms with Gasteiger partial charge in [0, 0.05) is 0 Å². The van der Waals surface area contributed by atoms with Crippen LogP contribution in [0.1, 0.15) is 6.42 Å². The van der Waals surface area contributed by atoms with Gasteiger partial charge in [-0.05, 0) is 6.42 Å². The third-order valence-corrected chi connectivity index (χ3v) is 1.28. The molecule has 1 atom stereocenters. The average molecular weight is 175 g/mol. The van der Waals surface area contributed by atoms with Crippen LogP contribution in [0.5, 0.6) is 0 Å². The van der Waals surface area contributed by atoms with Crippen molar-refractivity contribution in [1.29, 1.82) is 0 Å². The summed E-state index contributed by atoms with van der Waals surface area (Å²) in [6.45, 7) is 0. The number of carboxylic acid groups (broad SMARTS) is 2. The van der Waals surface area contributed by atoms with Crippen molar-refractivity contribution in [2.24, 2.45) is 11.7 Å². The molecule has 0 saturated carbocycles. The van der Waals surface area contributed by atoms with Crippen molar-refractivity contribution in [2.45, 2.75) is 12.5 Å². The van der Waals surface area contributed by atoms with Crippen LogP contribution in [0.25, 0.3) is 0 Å². The van der Waals surface area contributed by atoms with Crippen LogP contribution < -0.4 is 5.73 Å². The Morgan fingerprint density at radius 1 is 1.33 bits per heavy atom. The average Bonchev–Trinajstić information content (AvgIpc) is 1.98. The Bertz CT molecular complexity index is 188. The summed E-state index contributed by atoms with van der Waals surface area (Å²) in [5, 5.41) is 16.7.